The quantitative estimate of drug-likeness (QED) is 0.764. The highest BCUT2D eigenvalue weighted by molar-refractivity contribution is 9.10. The van der Waals surface area contributed by atoms with Crippen molar-refractivity contribution in [1.82, 2.24) is 0 Å². The van der Waals surface area contributed by atoms with Crippen LogP contribution in [0.15, 0.2) is 22.7 Å². The van der Waals surface area contributed by atoms with Crippen molar-refractivity contribution < 1.29 is 18.3 Å². The van der Waals surface area contributed by atoms with Gasteiger partial charge in [-0.2, -0.15) is 13.2 Å². The summed E-state index contributed by atoms with van der Waals surface area (Å²) in [5, 5.41) is 12.9. The molecule has 2 N–H and O–H groups in total. The Morgan fingerprint density at radius 3 is 2.55 bits per heavy atom. The fourth-order valence-electron chi connectivity index (χ4n) is 2.53. The molecule has 0 radical (unpaired) electrons. The normalized spacial score (nSPS) is 24.2. The Morgan fingerprint density at radius 1 is 1.15 bits per heavy atom. The molecule has 0 saturated heterocycles. The zero-order valence-corrected chi connectivity index (χ0v) is 12.5. The van der Waals surface area contributed by atoms with Gasteiger partial charge in [-0.15, -0.1) is 0 Å². The molecule has 6 heteroatoms. The molecule has 2 unspecified atom stereocenters. The first kappa shape index (κ1) is 15.6. The number of alkyl halides is 3. The zero-order valence-electron chi connectivity index (χ0n) is 10.9. The maximum absolute atomic E-state index is 13.0. The minimum Gasteiger partial charge on any atom is -0.391 e. The number of halogens is 4. The molecule has 2 nitrogen and oxygen atoms in total. The lowest BCUT2D eigenvalue weighted by atomic mass is 10.0. The van der Waals surface area contributed by atoms with Crippen LogP contribution in [-0.4, -0.2) is 17.3 Å². The molecular weight excluding hydrogens is 335 g/mol. The van der Waals surface area contributed by atoms with Gasteiger partial charge in [-0.25, -0.2) is 0 Å². The van der Waals surface area contributed by atoms with Crippen molar-refractivity contribution in [2.75, 3.05) is 5.32 Å². The Kier molecular flexibility index (Phi) is 4.96. The standard InChI is InChI=1S/C14H17BrF3NO/c15-9-6-7-11(10(8-9)14(16,17)18)19-12-4-2-1-3-5-13(12)20/h6-8,12-13,19-20H,1-5H2. The lowest BCUT2D eigenvalue weighted by Crippen LogP contribution is -2.33. The fraction of sp³-hybridized carbons (Fsp3) is 0.571. The second-order valence-electron chi connectivity index (χ2n) is 5.14. The summed E-state index contributed by atoms with van der Waals surface area (Å²) in [7, 11) is 0. The molecule has 0 aliphatic heterocycles. The second-order valence-corrected chi connectivity index (χ2v) is 6.06. The molecule has 1 aliphatic rings. The lowest BCUT2D eigenvalue weighted by molar-refractivity contribution is -0.137. The minimum absolute atomic E-state index is 0.0339. The number of aliphatic hydroxyl groups excluding tert-OH is 1. The van der Waals surface area contributed by atoms with E-state index >= 15 is 0 Å². The van der Waals surface area contributed by atoms with E-state index in [-0.39, 0.29) is 11.7 Å². The molecule has 1 fully saturated rings. The molecule has 1 aliphatic carbocycles. The van der Waals surface area contributed by atoms with Crippen LogP contribution in [0, 0.1) is 0 Å². The van der Waals surface area contributed by atoms with Crippen LogP contribution in [0.4, 0.5) is 18.9 Å². The summed E-state index contributed by atoms with van der Waals surface area (Å²) in [6.45, 7) is 0. The van der Waals surface area contributed by atoms with Crippen LogP contribution in [0.25, 0.3) is 0 Å². The van der Waals surface area contributed by atoms with Gasteiger partial charge >= 0.3 is 6.18 Å². The van der Waals surface area contributed by atoms with Crippen molar-refractivity contribution in [3.05, 3.63) is 28.2 Å². The van der Waals surface area contributed by atoms with Gasteiger partial charge < -0.3 is 10.4 Å². The van der Waals surface area contributed by atoms with Gasteiger partial charge in [0.05, 0.1) is 17.7 Å². The zero-order chi connectivity index (χ0) is 14.8. The average Bonchev–Trinajstić information content (AvgIpc) is 2.56. The molecule has 1 saturated carbocycles. The fourth-order valence-corrected chi connectivity index (χ4v) is 2.89. The van der Waals surface area contributed by atoms with Gasteiger partial charge in [0.25, 0.3) is 0 Å². The summed E-state index contributed by atoms with van der Waals surface area (Å²) in [4.78, 5) is 0. The van der Waals surface area contributed by atoms with Gasteiger partial charge in [0.15, 0.2) is 0 Å². The molecule has 1 aromatic carbocycles. The number of rotatable bonds is 2. The highest BCUT2D eigenvalue weighted by Gasteiger charge is 2.34. The Morgan fingerprint density at radius 2 is 1.85 bits per heavy atom. The van der Waals surface area contributed by atoms with Gasteiger partial charge in [0.1, 0.15) is 0 Å². The maximum atomic E-state index is 13.0. The van der Waals surface area contributed by atoms with Crippen molar-refractivity contribution in [2.24, 2.45) is 0 Å². The molecule has 0 heterocycles. The van der Waals surface area contributed by atoms with E-state index in [0.717, 1.165) is 25.3 Å². The van der Waals surface area contributed by atoms with E-state index in [2.05, 4.69) is 21.2 Å². The Labute approximate surface area is 124 Å². The van der Waals surface area contributed by atoms with Crippen molar-refractivity contribution in [2.45, 2.75) is 50.4 Å². The van der Waals surface area contributed by atoms with Gasteiger partial charge in [-0.3, -0.25) is 0 Å². The van der Waals surface area contributed by atoms with Gasteiger partial charge in [-0.05, 0) is 31.0 Å². The number of anilines is 1. The Hall–Kier alpha value is -0.750. The highest BCUT2D eigenvalue weighted by Crippen LogP contribution is 2.37. The van der Waals surface area contributed by atoms with E-state index in [1.165, 1.54) is 6.07 Å². The predicted molar refractivity (Wildman–Crippen MR) is 75.6 cm³/mol. The third kappa shape index (κ3) is 3.88. The van der Waals surface area contributed by atoms with E-state index in [1.807, 2.05) is 0 Å². The van der Waals surface area contributed by atoms with E-state index in [9.17, 15) is 18.3 Å². The van der Waals surface area contributed by atoms with E-state index in [0.29, 0.717) is 17.3 Å². The van der Waals surface area contributed by atoms with E-state index < -0.39 is 17.8 Å². The number of benzene rings is 1. The molecular formula is C14H17BrF3NO. The minimum atomic E-state index is -4.41. The second kappa shape index (κ2) is 6.35. The van der Waals surface area contributed by atoms with Crippen LogP contribution in [-0.2, 0) is 6.18 Å². The summed E-state index contributed by atoms with van der Waals surface area (Å²) in [6, 6.07) is 3.72. The maximum Gasteiger partial charge on any atom is 0.418 e. The summed E-state index contributed by atoms with van der Waals surface area (Å²) >= 11 is 3.06. The smallest absolute Gasteiger partial charge is 0.391 e. The van der Waals surface area contributed by atoms with Crippen LogP contribution >= 0.6 is 15.9 Å². The molecule has 2 rings (SSSR count). The largest absolute Gasteiger partial charge is 0.418 e. The van der Waals surface area contributed by atoms with Crippen LogP contribution in [0.3, 0.4) is 0 Å². The van der Waals surface area contributed by atoms with Crippen molar-refractivity contribution in [3.63, 3.8) is 0 Å². The monoisotopic (exact) mass is 351 g/mol. The van der Waals surface area contributed by atoms with Crippen LogP contribution < -0.4 is 5.32 Å². The summed E-state index contributed by atoms with van der Waals surface area (Å²) in [5.74, 6) is 0. The highest BCUT2D eigenvalue weighted by atomic mass is 79.9. The first-order chi connectivity index (χ1) is 9.38. The molecule has 0 spiro atoms. The van der Waals surface area contributed by atoms with Gasteiger partial charge in [0, 0.05) is 10.2 Å². The third-order valence-corrected chi connectivity index (χ3v) is 4.10. The van der Waals surface area contributed by atoms with Crippen LogP contribution in [0.2, 0.25) is 0 Å². The third-order valence-electron chi connectivity index (χ3n) is 3.61. The average molecular weight is 352 g/mol. The molecule has 0 aromatic heterocycles. The number of hydrogen-bond donors (Lipinski definition) is 2. The molecule has 0 bridgehead atoms. The van der Waals surface area contributed by atoms with Gasteiger partial charge in [0.2, 0.25) is 0 Å². The topological polar surface area (TPSA) is 32.3 Å². The van der Waals surface area contributed by atoms with Crippen LogP contribution in [0.1, 0.15) is 37.7 Å². The number of hydrogen-bond acceptors (Lipinski definition) is 2. The molecule has 112 valence electrons. The summed E-state index contributed by atoms with van der Waals surface area (Å²) < 4.78 is 39.5. The molecule has 2 atom stereocenters. The number of nitrogens with one attached hydrogen (secondary N) is 1. The first-order valence-electron chi connectivity index (χ1n) is 6.69. The van der Waals surface area contributed by atoms with Crippen molar-refractivity contribution >= 4 is 21.6 Å². The van der Waals surface area contributed by atoms with Gasteiger partial charge in [-0.1, -0.05) is 35.2 Å². The molecule has 1 aromatic rings. The molecule has 0 amide bonds. The van der Waals surface area contributed by atoms with Crippen molar-refractivity contribution in [1.29, 1.82) is 0 Å². The Bertz CT molecular complexity index is 464. The predicted octanol–water partition coefficient (Wildman–Crippen LogP) is 4.57. The first-order valence-corrected chi connectivity index (χ1v) is 7.48. The molecule has 20 heavy (non-hydrogen) atoms. The Balaban J connectivity index is 2.24. The van der Waals surface area contributed by atoms with Crippen LogP contribution in [0.5, 0.6) is 0 Å². The lowest BCUT2D eigenvalue weighted by Gasteiger charge is -2.25. The summed E-state index contributed by atoms with van der Waals surface area (Å²) in [6.07, 6.45) is -0.825. The van der Waals surface area contributed by atoms with E-state index in [1.54, 1.807) is 6.07 Å². The SMILES string of the molecule is OC1CCCCCC1Nc1ccc(Br)cc1C(F)(F)F. The van der Waals surface area contributed by atoms with E-state index in [4.69, 9.17) is 0 Å². The number of aliphatic hydroxyl groups is 1. The summed E-state index contributed by atoms with van der Waals surface area (Å²) in [5.41, 5.74) is -0.671. The van der Waals surface area contributed by atoms with Crippen molar-refractivity contribution in [3.8, 4) is 0 Å².